The molecule has 0 bridgehead atoms. The lowest BCUT2D eigenvalue weighted by atomic mass is 10.3. The van der Waals surface area contributed by atoms with Crippen molar-refractivity contribution in [2.75, 3.05) is 0 Å². The van der Waals surface area contributed by atoms with Crippen LogP contribution >= 0.6 is 7.82 Å². The molecule has 0 spiro atoms. The summed E-state index contributed by atoms with van der Waals surface area (Å²) in [6.45, 7) is 0. The van der Waals surface area contributed by atoms with Gasteiger partial charge in [-0.2, -0.15) is 0 Å². The quantitative estimate of drug-likeness (QED) is 0.832. The summed E-state index contributed by atoms with van der Waals surface area (Å²) < 4.78 is 20.5. The lowest BCUT2D eigenvalue weighted by Crippen LogP contribution is -1.90. The van der Waals surface area contributed by atoms with Gasteiger partial charge in [0.1, 0.15) is 17.2 Å². The maximum absolute atomic E-state index is 10.6. The largest absolute Gasteiger partial charge is 0.524 e. The number of para-hydroxylation sites is 1. The molecule has 18 heavy (non-hydrogen) atoms. The van der Waals surface area contributed by atoms with E-state index in [0.29, 0.717) is 11.5 Å². The van der Waals surface area contributed by atoms with Gasteiger partial charge in [0.25, 0.3) is 0 Å². The molecule has 2 N–H and O–H groups in total. The molecule has 2 rings (SSSR count). The summed E-state index contributed by atoms with van der Waals surface area (Å²) in [5.74, 6) is 1.32. The highest BCUT2D eigenvalue weighted by atomic mass is 31.2. The molecule has 0 fully saturated rings. The van der Waals surface area contributed by atoms with Crippen molar-refractivity contribution in [2.24, 2.45) is 0 Å². The molecule has 0 aromatic heterocycles. The molecule has 0 aliphatic rings. The van der Waals surface area contributed by atoms with Gasteiger partial charge in [-0.15, -0.1) is 0 Å². The van der Waals surface area contributed by atoms with Crippen molar-refractivity contribution >= 4 is 7.82 Å². The third kappa shape index (κ3) is 3.89. The van der Waals surface area contributed by atoms with E-state index in [1.165, 1.54) is 12.1 Å². The summed E-state index contributed by atoms with van der Waals surface area (Å²) >= 11 is 0. The van der Waals surface area contributed by atoms with E-state index in [1.54, 1.807) is 24.3 Å². The fourth-order valence-corrected chi connectivity index (χ4v) is 1.73. The highest BCUT2D eigenvalue weighted by Gasteiger charge is 2.15. The maximum atomic E-state index is 10.6. The van der Waals surface area contributed by atoms with Gasteiger partial charge in [0, 0.05) is 0 Å². The molecule has 0 radical (unpaired) electrons. The molecule has 2 aromatic carbocycles. The van der Waals surface area contributed by atoms with E-state index in [9.17, 15) is 4.57 Å². The van der Waals surface area contributed by atoms with Gasteiger partial charge < -0.3 is 9.26 Å². The van der Waals surface area contributed by atoms with Gasteiger partial charge >= 0.3 is 7.82 Å². The van der Waals surface area contributed by atoms with Crippen molar-refractivity contribution in [3.63, 3.8) is 0 Å². The average Bonchev–Trinajstić information content (AvgIpc) is 2.31. The van der Waals surface area contributed by atoms with Crippen molar-refractivity contribution in [3.05, 3.63) is 54.6 Å². The van der Waals surface area contributed by atoms with Crippen LogP contribution in [-0.4, -0.2) is 9.79 Å². The van der Waals surface area contributed by atoms with E-state index in [1.807, 2.05) is 18.2 Å². The van der Waals surface area contributed by atoms with Gasteiger partial charge in [-0.1, -0.05) is 18.2 Å². The van der Waals surface area contributed by atoms with Gasteiger partial charge in [0.2, 0.25) is 0 Å². The molecule has 0 aliphatic heterocycles. The van der Waals surface area contributed by atoms with Crippen LogP contribution in [-0.2, 0) is 4.57 Å². The van der Waals surface area contributed by atoms with Crippen molar-refractivity contribution in [2.45, 2.75) is 0 Å². The molecule has 0 amide bonds. The zero-order valence-corrected chi connectivity index (χ0v) is 10.2. The molecule has 0 unspecified atom stereocenters. The van der Waals surface area contributed by atoms with E-state index in [0.717, 1.165) is 0 Å². The van der Waals surface area contributed by atoms with Crippen molar-refractivity contribution in [1.82, 2.24) is 0 Å². The predicted octanol–water partition coefficient (Wildman–Crippen LogP) is 2.95. The Bertz CT molecular complexity index is 546. The summed E-state index contributed by atoms with van der Waals surface area (Å²) in [6.07, 6.45) is 0. The second-order valence-corrected chi connectivity index (χ2v) is 4.63. The van der Waals surface area contributed by atoms with Gasteiger partial charge in [0.15, 0.2) is 0 Å². The summed E-state index contributed by atoms with van der Waals surface area (Å²) in [7, 11) is -4.51. The number of ether oxygens (including phenoxy) is 1. The normalized spacial score (nSPS) is 11.0. The Hall–Kier alpha value is -1.81. The summed E-state index contributed by atoms with van der Waals surface area (Å²) in [5, 5.41) is 0. The molecule has 0 saturated heterocycles. The first-order valence-electron chi connectivity index (χ1n) is 5.11. The standard InChI is InChI=1S/C12H11O5P/c13-18(14,15)17-12-8-6-11(7-9-12)16-10-4-2-1-3-5-10/h1-9H,(H2,13,14,15). The number of phosphoric ester groups is 1. The highest BCUT2D eigenvalue weighted by molar-refractivity contribution is 7.46. The summed E-state index contributed by atoms with van der Waals surface area (Å²) in [4.78, 5) is 17.3. The summed E-state index contributed by atoms with van der Waals surface area (Å²) in [6, 6.07) is 15.2. The molecule has 6 heteroatoms. The minimum Gasteiger partial charge on any atom is -0.457 e. The molecule has 2 aromatic rings. The smallest absolute Gasteiger partial charge is 0.457 e. The fraction of sp³-hybridized carbons (Fsp3) is 0. The van der Waals surface area contributed by atoms with E-state index in [-0.39, 0.29) is 5.75 Å². The molecule has 0 aliphatic carbocycles. The van der Waals surface area contributed by atoms with Crippen molar-refractivity contribution in [3.8, 4) is 17.2 Å². The Morgan fingerprint density at radius 2 is 1.28 bits per heavy atom. The van der Waals surface area contributed by atoms with E-state index < -0.39 is 7.82 Å². The maximum Gasteiger partial charge on any atom is 0.524 e. The Morgan fingerprint density at radius 1 is 0.778 bits per heavy atom. The Balaban J connectivity index is 2.06. The van der Waals surface area contributed by atoms with E-state index in [4.69, 9.17) is 14.5 Å². The Morgan fingerprint density at radius 3 is 1.83 bits per heavy atom. The molecular weight excluding hydrogens is 255 g/mol. The third-order valence-corrected chi connectivity index (χ3v) is 2.48. The molecule has 5 nitrogen and oxygen atoms in total. The number of benzene rings is 2. The van der Waals surface area contributed by atoms with Crippen LogP contribution in [0.3, 0.4) is 0 Å². The second kappa shape index (κ2) is 5.23. The SMILES string of the molecule is O=P(O)(O)Oc1ccc(Oc2ccccc2)cc1. The number of hydrogen-bond donors (Lipinski definition) is 2. The minimum atomic E-state index is -4.51. The number of rotatable bonds is 4. The van der Waals surface area contributed by atoms with Gasteiger partial charge in [-0.05, 0) is 36.4 Å². The molecule has 0 heterocycles. The zero-order chi connectivity index (χ0) is 13.0. The van der Waals surface area contributed by atoms with Crippen LogP contribution in [0.1, 0.15) is 0 Å². The highest BCUT2D eigenvalue weighted by Crippen LogP contribution is 2.38. The van der Waals surface area contributed by atoms with Crippen LogP contribution in [0, 0.1) is 0 Å². The molecule has 0 saturated carbocycles. The first-order chi connectivity index (χ1) is 8.53. The topological polar surface area (TPSA) is 76.0 Å². The van der Waals surface area contributed by atoms with Crippen LogP contribution in [0.15, 0.2) is 54.6 Å². The van der Waals surface area contributed by atoms with Crippen LogP contribution in [0.4, 0.5) is 0 Å². The van der Waals surface area contributed by atoms with Crippen LogP contribution < -0.4 is 9.26 Å². The predicted molar refractivity (Wildman–Crippen MR) is 65.6 cm³/mol. The minimum absolute atomic E-state index is 0.0868. The van der Waals surface area contributed by atoms with E-state index in [2.05, 4.69) is 4.52 Å². The van der Waals surface area contributed by atoms with Gasteiger partial charge in [0.05, 0.1) is 0 Å². The molecule has 94 valence electrons. The zero-order valence-electron chi connectivity index (χ0n) is 9.26. The van der Waals surface area contributed by atoms with Crippen LogP contribution in [0.5, 0.6) is 17.2 Å². The first-order valence-corrected chi connectivity index (χ1v) is 6.64. The molecule has 0 atom stereocenters. The van der Waals surface area contributed by atoms with Crippen molar-refractivity contribution in [1.29, 1.82) is 0 Å². The lowest BCUT2D eigenvalue weighted by molar-refractivity contribution is 0.283. The molecular formula is C12H11O5P. The lowest BCUT2D eigenvalue weighted by Gasteiger charge is -2.08. The second-order valence-electron chi connectivity index (χ2n) is 3.47. The monoisotopic (exact) mass is 266 g/mol. The Labute approximate surface area is 104 Å². The van der Waals surface area contributed by atoms with Crippen LogP contribution in [0.25, 0.3) is 0 Å². The van der Waals surface area contributed by atoms with Crippen molar-refractivity contribution < 1.29 is 23.6 Å². The fourth-order valence-electron chi connectivity index (χ4n) is 1.33. The summed E-state index contributed by atoms with van der Waals surface area (Å²) in [5.41, 5.74) is 0. The van der Waals surface area contributed by atoms with Gasteiger partial charge in [-0.25, -0.2) is 4.57 Å². The first kappa shape index (κ1) is 12.6. The number of hydrogen-bond acceptors (Lipinski definition) is 3. The number of phosphoric acid groups is 1. The van der Waals surface area contributed by atoms with Gasteiger partial charge in [-0.3, -0.25) is 9.79 Å². The van der Waals surface area contributed by atoms with E-state index >= 15 is 0 Å². The van der Waals surface area contributed by atoms with Crippen LogP contribution in [0.2, 0.25) is 0 Å². The Kier molecular flexibility index (Phi) is 3.67. The third-order valence-electron chi connectivity index (χ3n) is 2.03. The average molecular weight is 266 g/mol.